The van der Waals surface area contributed by atoms with E-state index in [1.54, 1.807) is 62.5 Å². The molecule has 31 heavy (non-hydrogen) atoms. The smallest absolute Gasteiger partial charge is 0.338 e. The summed E-state index contributed by atoms with van der Waals surface area (Å²) in [6.07, 6.45) is 4.25. The Hall–Kier alpha value is -4.18. The highest BCUT2D eigenvalue weighted by molar-refractivity contribution is 6.09. The van der Waals surface area contributed by atoms with Gasteiger partial charge in [-0.05, 0) is 62.7 Å². The molecule has 0 aliphatic carbocycles. The molecule has 0 spiro atoms. The number of rotatable bonds is 6. The lowest BCUT2D eigenvalue weighted by Crippen LogP contribution is -2.13. The van der Waals surface area contributed by atoms with Crippen molar-refractivity contribution in [1.82, 2.24) is 4.98 Å². The van der Waals surface area contributed by atoms with E-state index in [9.17, 15) is 14.9 Å². The van der Waals surface area contributed by atoms with E-state index in [1.165, 1.54) is 12.3 Å². The normalized spacial score (nSPS) is 11.1. The molecule has 2 heterocycles. The fourth-order valence-corrected chi connectivity index (χ4v) is 2.85. The summed E-state index contributed by atoms with van der Waals surface area (Å²) in [6.45, 7) is 5.45. The van der Waals surface area contributed by atoms with Crippen molar-refractivity contribution in [1.29, 1.82) is 5.26 Å². The maximum absolute atomic E-state index is 12.3. The zero-order chi connectivity index (χ0) is 22.4. The van der Waals surface area contributed by atoms with Crippen molar-refractivity contribution in [3.05, 3.63) is 77.3 Å². The molecule has 3 aromatic rings. The molecule has 3 rings (SSSR count). The molecule has 0 aliphatic heterocycles. The van der Waals surface area contributed by atoms with Gasteiger partial charge in [-0.15, -0.1) is 0 Å². The minimum atomic E-state index is -0.558. The second-order valence-electron chi connectivity index (χ2n) is 7.05. The molecular formula is C24H21N3O4. The van der Waals surface area contributed by atoms with Crippen molar-refractivity contribution < 1.29 is 18.7 Å². The topological polar surface area (TPSA) is 105 Å². The van der Waals surface area contributed by atoms with Gasteiger partial charge in [0.1, 0.15) is 23.2 Å². The van der Waals surface area contributed by atoms with Crippen LogP contribution in [0.1, 0.15) is 35.5 Å². The fourth-order valence-electron chi connectivity index (χ4n) is 2.85. The Morgan fingerprint density at radius 1 is 1.23 bits per heavy atom. The Morgan fingerprint density at radius 2 is 2.03 bits per heavy atom. The van der Waals surface area contributed by atoms with Gasteiger partial charge in [-0.3, -0.25) is 9.78 Å². The molecule has 1 amide bonds. The summed E-state index contributed by atoms with van der Waals surface area (Å²) < 4.78 is 11.0. The Bertz CT molecular complexity index is 1170. The molecule has 0 unspecified atom stereocenters. The number of aryl methyl sites for hydroxylation is 1. The zero-order valence-electron chi connectivity index (χ0n) is 17.4. The number of esters is 1. The molecule has 1 N–H and O–H groups in total. The predicted molar refractivity (Wildman–Crippen MR) is 116 cm³/mol. The first kappa shape index (κ1) is 21.5. The van der Waals surface area contributed by atoms with Crippen LogP contribution in [0.2, 0.25) is 0 Å². The number of carbonyl (C=O) groups is 2. The molecule has 0 aliphatic rings. The van der Waals surface area contributed by atoms with E-state index in [4.69, 9.17) is 9.15 Å². The average molecular weight is 415 g/mol. The molecule has 2 aromatic heterocycles. The van der Waals surface area contributed by atoms with Crippen molar-refractivity contribution in [2.24, 2.45) is 0 Å². The molecule has 0 bridgehead atoms. The maximum atomic E-state index is 12.3. The number of aromatic nitrogens is 1. The highest BCUT2D eigenvalue weighted by atomic mass is 16.5. The Morgan fingerprint density at radius 3 is 2.68 bits per heavy atom. The summed E-state index contributed by atoms with van der Waals surface area (Å²) in [6, 6.07) is 13.8. The number of furan rings is 1. The van der Waals surface area contributed by atoms with Crippen molar-refractivity contribution >= 4 is 23.6 Å². The van der Waals surface area contributed by atoms with Gasteiger partial charge in [0.2, 0.25) is 0 Å². The van der Waals surface area contributed by atoms with E-state index < -0.39 is 5.91 Å². The quantitative estimate of drug-likeness (QED) is 0.353. The van der Waals surface area contributed by atoms with E-state index in [0.717, 1.165) is 11.1 Å². The van der Waals surface area contributed by atoms with Gasteiger partial charge >= 0.3 is 5.97 Å². The third-order valence-corrected chi connectivity index (χ3v) is 4.27. The van der Waals surface area contributed by atoms with Gasteiger partial charge in [-0.25, -0.2) is 4.79 Å². The summed E-state index contributed by atoms with van der Waals surface area (Å²) in [7, 11) is 0. The minimum absolute atomic E-state index is 0.103. The Balaban J connectivity index is 1.79. The Kier molecular flexibility index (Phi) is 6.63. The maximum Gasteiger partial charge on any atom is 0.338 e. The van der Waals surface area contributed by atoms with Crippen LogP contribution in [-0.4, -0.2) is 23.0 Å². The number of pyridine rings is 1. The van der Waals surface area contributed by atoms with Gasteiger partial charge in [-0.1, -0.05) is 6.07 Å². The van der Waals surface area contributed by atoms with E-state index in [-0.39, 0.29) is 17.6 Å². The lowest BCUT2D eigenvalue weighted by atomic mass is 10.0. The molecule has 156 valence electrons. The summed E-state index contributed by atoms with van der Waals surface area (Å²) in [4.78, 5) is 28.3. The minimum Gasteiger partial charge on any atom is -0.459 e. The van der Waals surface area contributed by atoms with Crippen LogP contribution in [0, 0.1) is 18.3 Å². The number of hydrogen-bond donors (Lipinski definition) is 1. The highest BCUT2D eigenvalue weighted by Gasteiger charge is 2.14. The van der Waals surface area contributed by atoms with Crippen LogP contribution in [0.3, 0.4) is 0 Å². The number of anilines is 1. The third-order valence-electron chi connectivity index (χ3n) is 4.27. The van der Waals surface area contributed by atoms with E-state index in [1.807, 2.05) is 13.0 Å². The van der Waals surface area contributed by atoms with Crippen LogP contribution >= 0.6 is 0 Å². The standard InChI is InChI=1S/C24H21N3O4/c1-15(2)30-24(29)17-6-8-21(16(3)11-17)22-9-7-20(31-22)12-18(13-25)23(28)27-19-5-4-10-26-14-19/h4-12,14-15H,1-3H3,(H,27,28)/b18-12+. The molecular weight excluding hydrogens is 394 g/mol. The number of carbonyl (C=O) groups excluding carboxylic acids is 2. The second-order valence-corrected chi connectivity index (χ2v) is 7.05. The van der Waals surface area contributed by atoms with Crippen molar-refractivity contribution in [2.75, 3.05) is 5.32 Å². The number of ether oxygens (including phenoxy) is 1. The molecule has 7 heteroatoms. The van der Waals surface area contributed by atoms with Crippen LogP contribution in [0.25, 0.3) is 17.4 Å². The van der Waals surface area contributed by atoms with Crippen LogP contribution < -0.4 is 5.32 Å². The van der Waals surface area contributed by atoms with Crippen LogP contribution in [0.4, 0.5) is 5.69 Å². The number of amides is 1. The largest absolute Gasteiger partial charge is 0.459 e. The van der Waals surface area contributed by atoms with E-state index >= 15 is 0 Å². The first-order chi connectivity index (χ1) is 14.9. The number of nitriles is 1. The average Bonchev–Trinajstić information content (AvgIpc) is 3.20. The molecule has 0 fully saturated rings. The van der Waals surface area contributed by atoms with Crippen LogP contribution in [0.5, 0.6) is 0 Å². The second kappa shape index (κ2) is 9.55. The number of nitrogens with one attached hydrogen (secondary N) is 1. The SMILES string of the molecule is Cc1cc(C(=O)OC(C)C)ccc1-c1ccc(/C=C(\C#N)C(=O)Nc2cccnc2)o1. The van der Waals surface area contributed by atoms with Crippen LogP contribution in [0.15, 0.2) is 64.8 Å². The number of nitrogens with zero attached hydrogens (tertiary/aromatic N) is 2. The van der Waals surface area contributed by atoms with Crippen molar-refractivity contribution in [3.8, 4) is 17.4 Å². The first-order valence-electron chi connectivity index (χ1n) is 9.62. The van der Waals surface area contributed by atoms with E-state index in [0.29, 0.717) is 22.8 Å². The van der Waals surface area contributed by atoms with Gasteiger partial charge in [0.15, 0.2) is 0 Å². The first-order valence-corrected chi connectivity index (χ1v) is 9.62. The van der Waals surface area contributed by atoms with Crippen LogP contribution in [-0.2, 0) is 9.53 Å². The number of benzene rings is 1. The lowest BCUT2D eigenvalue weighted by Gasteiger charge is -2.09. The molecule has 0 radical (unpaired) electrons. The highest BCUT2D eigenvalue weighted by Crippen LogP contribution is 2.27. The molecule has 0 saturated heterocycles. The number of hydrogen-bond acceptors (Lipinski definition) is 6. The van der Waals surface area contributed by atoms with Crippen molar-refractivity contribution in [3.63, 3.8) is 0 Å². The van der Waals surface area contributed by atoms with Gasteiger partial charge in [0, 0.05) is 17.8 Å². The molecule has 0 atom stereocenters. The zero-order valence-corrected chi connectivity index (χ0v) is 17.4. The van der Waals surface area contributed by atoms with Gasteiger partial charge < -0.3 is 14.5 Å². The summed E-state index contributed by atoms with van der Waals surface area (Å²) >= 11 is 0. The Labute approximate surface area is 180 Å². The summed E-state index contributed by atoms with van der Waals surface area (Å²) in [5, 5.41) is 12.0. The fraction of sp³-hybridized carbons (Fsp3) is 0.167. The summed E-state index contributed by atoms with van der Waals surface area (Å²) in [5.41, 5.74) is 2.46. The predicted octanol–water partition coefficient (Wildman–Crippen LogP) is 4.76. The van der Waals surface area contributed by atoms with Crippen molar-refractivity contribution in [2.45, 2.75) is 26.9 Å². The third kappa shape index (κ3) is 5.46. The molecule has 7 nitrogen and oxygen atoms in total. The van der Waals surface area contributed by atoms with Gasteiger partial charge in [0.05, 0.1) is 23.6 Å². The summed E-state index contributed by atoms with van der Waals surface area (Å²) in [5.74, 6) is -0.0308. The molecule has 1 aromatic carbocycles. The molecule has 0 saturated carbocycles. The van der Waals surface area contributed by atoms with Gasteiger partial charge in [0.25, 0.3) is 5.91 Å². The van der Waals surface area contributed by atoms with E-state index in [2.05, 4.69) is 10.3 Å². The van der Waals surface area contributed by atoms with Gasteiger partial charge in [-0.2, -0.15) is 5.26 Å². The monoisotopic (exact) mass is 415 g/mol. The lowest BCUT2D eigenvalue weighted by molar-refractivity contribution is -0.112.